The highest BCUT2D eigenvalue weighted by Crippen LogP contribution is 2.42. The minimum absolute atomic E-state index is 0.0502. The lowest BCUT2D eigenvalue weighted by atomic mass is 10.3. The Labute approximate surface area is 77.9 Å². The third-order valence-corrected chi connectivity index (χ3v) is 2.45. The summed E-state index contributed by atoms with van der Waals surface area (Å²) in [7, 11) is 0. The zero-order valence-corrected chi connectivity index (χ0v) is 7.37. The van der Waals surface area contributed by atoms with Gasteiger partial charge in [0.05, 0.1) is 5.02 Å². The van der Waals surface area contributed by atoms with Crippen molar-refractivity contribution >= 4 is 34.8 Å². The van der Waals surface area contributed by atoms with Gasteiger partial charge >= 0.3 is 0 Å². The van der Waals surface area contributed by atoms with Crippen LogP contribution in [0.3, 0.4) is 0 Å². The number of rotatable bonds is 0. The molecular weight excluding hydrogens is 210 g/mol. The van der Waals surface area contributed by atoms with Gasteiger partial charge in [-0.15, -0.1) is 0 Å². The first-order valence-corrected chi connectivity index (χ1v) is 3.73. The summed E-state index contributed by atoms with van der Waals surface area (Å²) in [6.07, 6.45) is 0. The molecule has 0 spiro atoms. The van der Waals surface area contributed by atoms with Gasteiger partial charge in [0.2, 0.25) is 0 Å². The third-order valence-electron chi connectivity index (χ3n) is 1.11. The fourth-order valence-corrected chi connectivity index (χ4v) is 1.12. The van der Waals surface area contributed by atoms with Gasteiger partial charge in [-0.3, -0.25) is 0 Å². The summed E-state index contributed by atoms with van der Waals surface area (Å²) in [4.78, 5) is 0. The molecule has 0 aliphatic heterocycles. The zero-order valence-electron chi connectivity index (χ0n) is 5.11. The molecule has 2 nitrogen and oxygen atoms in total. The molecule has 0 amide bonds. The van der Waals surface area contributed by atoms with E-state index in [-0.39, 0.29) is 26.6 Å². The highest BCUT2D eigenvalue weighted by Gasteiger charge is 2.12. The van der Waals surface area contributed by atoms with Crippen molar-refractivity contribution in [3.8, 4) is 11.5 Å². The number of hydrogen-bond donors (Lipinski definition) is 2. The molecule has 0 radical (unpaired) electrons. The highest BCUT2D eigenvalue weighted by atomic mass is 35.5. The van der Waals surface area contributed by atoms with Crippen molar-refractivity contribution in [3.05, 3.63) is 21.1 Å². The topological polar surface area (TPSA) is 40.5 Å². The smallest absolute Gasteiger partial charge is 0.139 e. The molecule has 0 aliphatic carbocycles. The van der Waals surface area contributed by atoms with Crippen molar-refractivity contribution in [2.24, 2.45) is 0 Å². The van der Waals surface area contributed by atoms with Crippen molar-refractivity contribution in [2.75, 3.05) is 0 Å². The highest BCUT2D eigenvalue weighted by molar-refractivity contribution is 6.49. The van der Waals surface area contributed by atoms with E-state index in [0.717, 1.165) is 6.07 Å². The van der Waals surface area contributed by atoms with Gasteiger partial charge in [0.25, 0.3) is 0 Å². The lowest BCUT2D eigenvalue weighted by Crippen LogP contribution is -1.75. The lowest BCUT2D eigenvalue weighted by Gasteiger charge is -2.02. The average molecular weight is 213 g/mol. The summed E-state index contributed by atoms with van der Waals surface area (Å²) in [5.74, 6) is -0.586. The van der Waals surface area contributed by atoms with E-state index >= 15 is 0 Å². The zero-order chi connectivity index (χ0) is 8.59. The van der Waals surface area contributed by atoms with Crippen LogP contribution in [0.25, 0.3) is 0 Å². The second-order valence-electron chi connectivity index (χ2n) is 1.86. The summed E-state index contributed by atoms with van der Waals surface area (Å²) in [6.45, 7) is 0. The predicted octanol–water partition coefficient (Wildman–Crippen LogP) is 3.06. The van der Waals surface area contributed by atoms with E-state index in [1.165, 1.54) is 0 Å². The molecule has 0 aliphatic rings. The van der Waals surface area contributed by atoms with Crippen LogP contribution in [0, 0.1) is 0 Å². The molecule has 0 bridgehead atoms. The van der Waals surface area contributed by atoms with Crippen molar-refractivity contribution < 1.29 is 10.2 Å². The first-order chi connectivity index (χ1) is 5.04. The monoisotopic (exact) mass is 212 g/mol. The second kappa shape index (κ2) is 2.97. The summed E-state index contributed by atoms with van der Waals surface area (Å²) >= 11 is 16.5. The van der Waals surface area contributed by atoms with Crippen LogP contribution in [0.2, 0.25) is 15.1 Å². The summed E-state index contributed by atoms with van der Waals surface area (Å²) in [5.41, 5.74) is 0. The predicted molar refractivity (Wildman–Crippen MR) is 44.8 cm³/mol. The Morgan fingerprint density at radius 2 is 1.18 bits per heavy atom. The van der Waals surface area contributed by atoms with E-state index < -0.39 is 0 Å². The van der Waals surface area contributed by atoms with Crippen molar-refractivity contribution in [3.63, 3.8) is 0 Å². The molecule has 0 aromatic heterocycles. The Morgan fingerprint density at radius 1 is 0.818 bits per heavy atom. The number of benzene rings is 1. The van der Waals surface area contributed by atoms with Crippen LogP contribution >= 0.6 is 34.8 Å². The van der Waals surface area contributed by atoms with Crippen LogP contribution in [-0.2, 0) is 0 Å². The summed E-state index contributed by atoms with van der Waals surface area (Å²) in [6, 6.07) is 1.02. The van der Waals surface area contributed by atoms with E-state index in [1.54, 1.807) is 0 Å². The number of aromatic hydroxyl groups is 2. The quantitative estimate of drug-likeness (QED) is 0.650. The van der Waals surface area contributed by atoms with Crippen LogP contribution in [-0.4, -0.2) is 10.2 Å². The molecule has 11 heavy (non-hydrogen) atoms. The van der Waals surface area contributed by atoms with Crippen LogP contribution in [0.15, 0.2) is 6.07 Å². The number of phenolic OH excluding ortho intramolecular Hbond substituents is 2. The van der Waals surface area contributed by atoms with Gasteiger partial charge in [-0.25, -0.2) is 0 Å². The molecule has 0 fully saturated rings. The maximum atomic E-state index is 8.97. The second-order valence-corrected chi connectivity index (χ2v) is 2.99. The molecule has 2 N–H and O–H groups in total. The fourth-order valence-electron chi connectivity index (χ4n) is 0.577. The van der Waals surface area contributed by atoms with E-state index in [0.29, 0.717) is 0 Å². The SMILES string of the molecule is Oc1cc(O)c(Cl)c(Cl)c1Cl. The van der Waals surface area contributed by atoms with E-state index in [9.17, 15) is 0 Å². The molecule has 0 saturated carbocycles. The van der Waals surface area contributed by atoms with E-state index in [2.05, 4.69) is 0 Å². The summed E-state index contributed by atoms with van der Waals surface area (Å²) in [5, 5.41) is 17.8. The van der Waals surface area contributed by atoms with Gasteiger partial charge in [-0.05, 0) is 0 Å². The molecule has 1 aromatic rings. The van der Waals surface area contributed by atoms with Gasteiger partial charge < -0.3 is 10.2 Å². The Morgan fingerprint density at radius 3 is 1.55 bits per heavy atom. The van der Waals surface area contributed by atoms with E-state index in [4.69, 9.17) is 45.0 Å². The van der Waals surface area contributed by atoms with Gasteiger partial charge in [-0.1, -0.05) is 34.8 Å². The fraction of sp³-hybridized carbons (Fsp3) is 0. The largest absolute Gasteiger partial charge is 0.506 e. The van der Waals surface area contributed by atoms with Crippen LogP contribution in [0.1, 0.15) is 0 Å². The molecule has 0 atom stereocenters. The minimum atomic E-state index is -0.293. The number of phenols is 2. The van der Waals surface area contributed by atoms with Crippen LogP contribution in [0.4, 0.5) is 0 Å². The van der Waals surface area contributed by atoms with Crippen LogP contribution < -0.4 is 0 Å². The van der Waals surface area contributed by atoms with E-state index in [1.807, 2.05) is 0 Å². The standard InChI is InChI=1S/C6H3Cl3O2/c7-4-2(10)1-3(11)5(8)6(4)9/h1,10-11H. The number of hydrogen-bond acceptors (Lipinski definition) is 2. The molecule has 0 unspecified atom stereocenters. The maximum Gasteiger partial charge on any atom is 0.139 e. The van der Waals surface area contributed by atoms with Gasteiger partial charge in [-0.2, -0.15) is 0 Å². The minimum Gasteiger partial charge on any atom is -0.506 e. The molecule has 1 aromatic carbocycles. The molecule has 0 heterocycles. The third kappa shape index (κ3) is 1.48. The Balaban J connectivity index is 3.46. The molecule has 60 valence electrons. The first kappa shape index (κ1) is 8.78. The first-order valence-electron chi connectivity index (χ1n) is 2.59. The average Bonchev–Trinajstić information content (AvgIpc) is 1.97. The van der Waals surface area contributed by atoms with Crippen molar-refractivity contribution in [2.45, 2.75) is 0 Å². The number of halogens is 3. The van der Waals surface area contributed by atoms with Gasteiger partial charge in [0.15, 0.2) is 0 Å². The maximum absolute atomic E-state index is 8.97. The van der Waals surface area contributed by atoms with Crippen LogP contribution in [0.5, 0.6) is 11.5 Å². The summed E-state index contributed by atoms with van der Waals surface area (Å²) < 4.78 is 0. The molecule has 1 rings (SSSR count). The normalized spacial score (nSPS) is 10.1. The van der Waals surface area contributed by atoms with Crippen molar-refractivity contribution in [1.82, 2.24) is 0 Å². The Bertz CT molecular complexity index is 272. The van der Waals surface area contributed by atoms with Gasteiger partial charge in [0, 0.05) is 6.07 Å². The molecule has 5 heteroatoms. The lowest BCUT2D eigenvalue weighted by molar-refractivity contribution is 0.451. The van der Waals surface area contributed by atoms with Crippen molar-refractivity contribution in [1.29, 1.82) is 0 Å². The molecule has 0 saturated heterocycles. The van der Waals surface area contributed by atoms with Gasteiger partial charge in [0.1, 0.15) is 21.5 Å². The molecular formula is C6H3Cl3O2. The Hall–Kier alpha value is -0.310. The Kier molecular flexibility index (Phi) is 2.37.